The second-order valence-corrected chi connectivity index (χ2v) is 7.02. The van der Waals surface area contributed by atoms with Crippen LogP contribution in [0.15, 0.2) is 47.3 Å². The molecule has 1 aliphatic heterocycles. The first kappa shape index (κ1) is 18.8. The smallest absolute Gasteiger partial charge is 0.391 e. The summed E-state index contributed by atoms with van der Waals surface area (Å²) < 4.78 is 40.9. The van der Waals surface area contributed by atoms with E-state index in [-0.39, 0.29) is 16.4 Å². The predicted molar refractivity (Wildman–Crippen MR) is 100 cm³/mol. The van der Waals surface area contributed by atoms with Crippen LogP contribution in [-0.2, 0) is 6.18 Å². The van der Waals surface area contributed by atoms with Gasteiger partial charge in [-0.15, -0.1) is 0 Å². The molecule has 1 atom stereocenters. The number of β-amino-alcohol motifs (C(OH)–C–C–N with tert-alkyl or cyclic N) is 1. The molecule has 0 spiro atoms. The summed E-state index contributed by atoms with van der Waals surface area (Å²) in [6.45, 7) is 0.790. The number of hydrogen-bond acceptors (Lipinski definition) is 4. The first-order chi connectivity index (χ1) is 13.3. The number of alkyl halides is 3. The Bertz CT molecular complexity index is 1110. The van der Waals surface area contributed by atoms with E-state index in [4.69, 9.17) is 11.6 Å². The monoisotopic (exact) mass is 409 g/mol. The molecule has 4 rings (SSSR count). The van der Waals surface area contributed by atoms with E-state index >= 15 is 0 Å². The minimum Gasteiger partial charge on any atom is -0.391 e. The van der Waals surface area contributed by atoms with Crippen LogP contribution in [0, 0.1) is 0 Å². The van der Waals surface area contributed by atoms with E-state index in [1.807, 2.05) is 0 Å². The third kappa shape index (κ3) is 3.22. The Morgan fingerprint density at radius 2 is 1.89 bits per heavy atom. The average Bonchev–Trinajstić information content (AvgIpc) is 3.07. The molecule has 3 heterocycles. The van der Waals surface area contributed by atoms with Gasteiger partial charge in [-0.1, -0.05) is 23.7 Å². The number of fused-ring (bicyclic) bond motifs is 1. The van der Waals surface area contributed by atoms with Gasteiger partial charge in [0.25, 0.3) is 5.56 Å². The number of aliphatic hydroxyl groups is 1. The molecule has 28 heavy (non-hydrogen) atoms. The van der Waals surface area contributed by atoms with Gasteiger partial charge in [-0.2, -0.15) is 13.2 Å². The second-order valence-electron chi connectivity index (χ2n) is 6.61. The normalized spacial score (nSPS) is 17.5. The summed E-state index contributed by atoms with van der Waals surface area (Å²) in [5, 5.41) is 10.4. The van der Waals surface area contributed by atoms with Crippen molar-refractivity contribution in [1.29, 1.82) is 0 Å². The van der Waals surface area contributed by atoms with Gasteiger partial charge in [0.05, 0.1) is 22.5 Å². The molecule has 0 radical (unpaired) electrons. The summed E-state index contributed by atoms with van der Waals surface area (Å²) in [5.41, 5.74) is -1.09. The number of benzene rings is 1. The number of nitrogens with zero attached hydrogens (tertiary/aromatic N) is 3. The van der Waals surface area contributed by atoms with Crippen LogP contribution in [0.25, 0.3) is 16.7 Å². The largest absolute Gasteiger partial charge is 0.433 e. The average molecular weight is 410 g/mol. The molecule has 146 valence electrons. The minimum atomic E-state index is -4.66. The van der Waals surface area contributed by atoms with E-state index in [1.165, 1.54) is 12.1 Å². The molecule has 2 aromatic heterocycles. The van der Waals surface area contributed by atoms with Crippen LogP contribution in [0.1, 0.15) is 12.1 Å². The number of aromatic nitrogens is 2. The number of hydrogen-bond donors (Lipinski definition) is 1. The van der Waals surface area contributed by atoms with Crippen molar-refractivity contribution in [1.82, 2.24) is 9.55 Å². The van der Waals surface area contributed by atoms with Crippen molar-refractivity contribution in [2.24, 2.45) is 0 Å². The Morgan fingerprint density at radius 1 is 1.14 bits per heavy atom. The molecule has 1 fully saturated rings. The first-order valence-corrected chi connectivity index (χ1v) is 8.95. The molecule has 5 nitrogen and oxygen atoms in total. The van der Waals surface area contributed by atoms with Crippen molar-refractivity contribution < 1.29 is 18.3 Å². The van der Waals surface area contributed by atoms with Crippen molar-refractivity contribution in [2.45, 2.75) is 18.7 Å². The van der Waals surface area contributed by atoms with Gasteiger partial charge in [0.15, 0.2) is 0 Å². The lowest BCUT2D eigenvalue weighted by Crippen LogP contribution is -2.27. The van der Waals surface area contributed by atoms with Gasteiger partial charge in [-0.05, 0) is 30.7 Å². The molecule has 0 amide bonds. The van der Waals surface area contributed by atoms with E-state index in [0.29, 0.717) is 30.6 Å². The van der Waals surface area contributed by atoms with E-state index in [2.05, 4.69) is 4.98 Å². The standard InChI is InChI=1S/C19H15ClF3N3O2/c20-13-3-1-2-4-14(13)26-17(28)9-15(25-8-7-11(27)10-25)12-5-6-16(19(21,22)23)24-18(12)26/h1-6,9,11,27H,7-8,10H2. The molecule has 0 aliphatic carbocycles. The fraction of sp³-hybridized carbons (Fsp3) is 0.263. The van der Waals surface area contributed by atoms with Gasteiger partial charge < -0.3 is 10.0 Å². The Hall–Kier alpha value is -2.58. The lowest BCUT2D eigenvalue weighted by molar-refractivity contribution is -0.141. The minimum absolute atomic E-state index is 0.133. The molecule has 1 saturated heterocycles. The maximum absolute atomic E-state index is 13.3. The molecule has 0 bridgehead atoms. The molecule has 1 aliphatic rings. The zero-order chi connectivity index (χ0) is 20.1. The van der Waals surface area contributed by atoms with Crippen LogP contribution in [0.5, 0.6) is 0 Å². The molecule has 0 saturated carbocycles. The Kier molecular flexibility index (Phi) is 4.55. The summed E-state index contributed by atoms with van der Waals surface area (Å²) in [5.74, 6) is 0. The van der Waals surface area contributed by atoms with Crippen LogP contribution in [-0.4, -0.2) is 33.9 Å². The number of aliphatic hydroxyl groups excluding tert-OH is 1. The van der Waals surface area contributed by atoms with Crippen LogP contribution in [0.2, 0.25) is 5.02 Å². The van der Waals surface area contributed by atoms with Gasteiger partial charge in [0.2, 0.25) is 0 Å². The lowest BCUT2D eigenvalue weighted by atomic mass is 10.2. The Morgan fingerprint density at radius 3 is 2.54 bits per heavy atom. The van der Waals surface area contributed by atoms with E-state index in [1.54, 1.807) is 29.2 Å². The van der Waals surface area contributed by atoms with Crippen molar-refractivity contribution >= 4 is 28.3 Å². The molecule has 9 heteroatoms. The summed E-state index contributed by atoms with van der Waals surface area (Å²) in [4.78, 5) is 18.4. The summed E-state index contributed by atoms with van der Waals surface area (Å²) in [6, 6.07) is 9.93. The van der Waals surface area contributed by atoms with Gasteiger partial charge in [-0.3, -0.25) is 9.36 Å². The van der Waals surface area contributed by atoms with Crippen molar-refractivity contribution in [3.8, 4) is 5.69 Å². The summed E-state index contributed by atoms with van der Waals surface area (Å²) in [7, 11) is 0. The number of anilines is 1. The Balaban J connectivity index is 2.05. The molecule has 1 aromatic carbocycles. The highest BCUT2D eigenvalue weighted by molar-refractivity contribution is 6.32. The zero-order valence-electron chi connectivity index (χ0n) is 14.4. The summed E-state index contributed by atoms with van der Waals surface area (Å²) >= 11 is 6.19. The lowest BCUT2D eigenvalue weighted by Gasteiger charge is -2.22. The predicted octanol–water partition coefficient (Wildman–Crippen LogP) is 3.63. The van der Waals surface area contributed by atoms with Gasteiger partial charge in [0.1, 0.15) is 11.3 Å². The molecule has 1 unspecified atom stereocenters. The number of pyridine rings is 2. The van der Waals surface area contributed by atoms with Crippen LogP contribution >= 0.6 is 11.6 Å². The maximum Gasteiger partial charge on any atom is 0.433 e. The highest BCUT2D eigenvalue weighted by atomic mass is 35.5. The SMILES string of the molecule is O=c1cc(N2CCC(O)C2)c2ccc(C(F)(F)F)nc2n1-c1ccccc1Cl. The van der Waals surface area contributed by atoms with E-state index in [0.717, 1.165) is 10.6 Å². The van der Waals surface area contributed by atoms with Crippen LogP contribution in [0.4, 0.5) is 18.9 Å². The van der Waals surface area contributed by atoms with Crippen molar-refractivity contribution in [2.75, 3.05) is 18.0 Å². The fourth-order valence-electron chi connectivity index (χ4n) is 3.43. The highest BCUT2D eigenvalue weighted by Gasteiger charge is 2.33. The van der Waals surface area contributed by atoms with E-state index in [9.17, 15) is 23.1 Å². The van der Waals surface area contributed by atoms with Crippen LogP contribution < -0.4 is 10.5 Å². The van der Waals surface area contributed by atoms with Gasteiger partial charge in [0, 0.05) is 24.5 Å². The fourth-order valence-corrected chi connectivity index (χ4v) is 3.65. The quantitative estimate of drug-likeness (QED) is 0.702. The van der Waals surface area contributed by atoms with Gasteiger partial charge >= 0.3 is 6.18 Å². The Labute approximate surface area is 162 Å². The number of rotatable bonds is 2. The van der Waals surface area contributed by atoms with Crippen molar-refractivity contribution in [3.05, 3.63) is 63.5 Å². The third-order valence-corrected chi connectivity index (χ3v) is 5.05. The van der Waals surface area contributed by atoms with Crippen molar-refractivity contribution in [3.63, 3.8) is 0 Å². The third-order valence-electron chi connectivity index (χ3n) is 4.73. The van der Waals surface area contributed by atoms with Crippen LogP contribution in [0.3, 0.4) is 0 Å². The topological polar surface area (TPSA) is 58.4 Å². The first-order valence-electron chi connectivity index (χ1n) is 8.57. The highest BCUT2D eigenvalue weighted by Crippen LogP contribution is 2.34. The molecule has 1 N–H and O–H groups in total. The van der Waals surface area contributed by atoms with E-state index < -0.39 is 23.5 Å². The molecule has 3 aromatic rings. The zero-order valence-corrected chi connectivity index (χ0v) is 15.2. The number of para-hydroxylation sites is 1. The van der Waals surface area contributed by atoms with Gasteiger partial charge in [-0.25, -0.2) is 4.98 Å². The summed E-state index contributed by atoms with van der Waals surface area (Å²) in [6.07, 6.45) is -4.69. The number of halogens is 4. The molecular weight excluding hydrogens is 395 g/mol. The second kappa shape index (κ2) is 6.79. The maximum atomic E-state index is 13.3. The molecular formula is C19H15ClF3N3O2.